The summed E-state index contributed by atoms with van der Waals surface area (Å²) in [6.45, 7) is 4.89. The van der Waals surface area contributed by atoms with Crippen LogP contribution in [0.5, 0.6) is 0 Å². The van der Waals surface area contributed by atoms with E-state index in [1.807, 2.05) is 6.92 Å². The number of hydrogen-bond donors (Lipinski definition) is 2. The Labute approximate surface area is 107 Å². The van der Waals surface area contributed by atoms with Crippen LogP contribution in [0.3, 0.4) is 0 Å². The number of anilines is 2. The van der Waals surface area contributed by atoms with Crippen LogP contribution in [-0.4, -0.2) is 16.5 Å². The Balaban J connectivity index is 1.97. The zero-order valence-corrected chi connectivity index (χ0v) is 10.8. The molecule has 18 heavy (non-hydrogen) atoms. The predicted octanol–water partition coefficient (Wildman–Crippen LogP) is 2.33. The summed E-state index contributed by atoms with van der Waals surface area (Å²) in [5, 5.41) is 3.30. The topological polar surface area (TPSA) is 63.8 Å². The van der Waals surface area contributed by atoms with Crippen molar-refractivity contribution < 1.29 is 0 Å². The molecule has 94 valence electrons. The van der Waals surface area contributed by atoms with E-state index >= 15 is 0 Å². The van der Waals surface area contributed by atoms with Crippen molar-refractivity contribution in [2.24, 2.45) is 0 Å². The van der Waals surface area contributed by atoms with Crippen molar-refractivity contribution in [3.8, 4) is 0 Å². The van der Waals surface area contributed by atoms with E-state index in [1.54, 1.807) is 0 Å². The van der Waals surface area contributed by atoms with Crippen LogP contribution < -0.4 is 11.1 Å². The smallest absolute Gasteiger partial charge is 0.134 e. The minimum atomic E-state index is 0.531. The molecule has 0 aliphatic heterocycles. The average molecular weight is 242 g/mol. The molecule has 0 saturated carbocycles. The van der Waals surface area contributed by atoms with E-state index in [1.165, 1.54) is 17.5 Å². The first-order chi connectivity index (χ1) is 8.68. The summed E-state index contributed by atoms with van der Waals surface area (Å²) >= 11 is 0. The maximum atomic E-state index is 5.74. The third-order valence-electron chi connectivity index (χ3n) is 3.07. The van der Waals surface area contributed by atoms with Crippen molar-refractivity contribution in [1.29, 1.82) is 0 Å². The van der Waals surface area contributed by atoms with Crippen LogP contribution in [0.2, 0.25) is 0 Å². The number of rotatable bonds is 4. The van der Waals surface area contributed by atoms with Gasteiger partial charge in [0.1, 0.15) is 18.0 Å². The molecule has 2 rings (SSSR count). The van der Waals surface area contributed by atoms with Gasteiger partial charge in [0.05, 0.1) is 0 Å². The van der Waals surface area contributed by atoms with Crippen LogP contribution in [0.25, 0.3) is 0 Å². The van der Waals surface area contributed by atoms with Crippen molar-refractivity contribution in [3.05, 3.63) is 47.3 Å². The molecule has 0 bridgehead atoms. The molecule has 0 amide bonds. The van der Waals surface area contributed by atoms with Gasteiger partial charge < -0.3 is 11.1 Å². The molecule has 2 aromatic rings. The van der Waals surface area contributed by atoms with Crippen LogP contribution >= 0.6 is 0 Å². The first-order valence-corrected chi connectivity index (χ1v) is 6.04. The van der Waals surface area contributed by atoms with Crippen LogP contribution in [0.1, 0.15) is 16.7 Å². The van der Waals surface area contributed by atoms with E-state index in [0.29, 0.717) is 5.82 Å². The van der Waals surface area contributed by atoms with Crippen LogP contribution in [0, 0.1) is 13.8 Å². The van der Waals surface area contributed by atoms with Gasteiger partial charge in [-0.3, -0.25) is 0 Å². The van der Waals surface area contributed by atoms with E-state index in [-0.39, 0.29) is 0 Å². The van der Waals surface area contributed by atoms with Gasteiger partial charge in [-0.1, -0.05) is 24.3 Å². The number of aryl methyl sites for hydroxylation is 1. The summed E-state index contributed by atoms with van der Waals surface area (Å²) < 4.78 is 0. The molecule has 0 saturated heterocycles. The third-order valence-corrected chi connectivity index (χ3v) is 3.07. The Kier molecular flexibility index (Phi) is 3.77. The second kappa shape index (κ2) is 5.49. The van der Waals surface area contributed by atoms with Crippen LogP contribution in [-0.2, 0) is 6.42 Å². The predicted molar refractivity (Wildman–Crippen MR) is 74.6 cm³/mol. The third kappa shape index (κ3) is 2.77. The Hall–Kier alpha value is -2.10. The van der Waals surface area contributed by atoms with Gasteiger partial charge in [-0.25, -0.2) is 9.97 Å². The Morgan fingerprint density at radius 3 is 2.72 bits per heavy atom. The van der Waals surface area contributed by atoms with Gasteiger partial charge in [0.2, 0.25) is 0 Å². The summed E-state index contributed by atoms with van der Waals surface area (Å²) in [5.74, 6) is 1.35. The molecule has 0 aliphatic carbocycles. The molecular formula is C14H18N4. The quantitative estimate of drug-likeness (QED) is 0.863. The summed E-state index contributed by atoms with van der Waals surface area (Å²) in [6, 6.07) is 8.40. The Morgan fingerprint density at radius 1 is 1.17 bits per heavy atom. The number of nitrogens with one attached hydrogen (secondary N) is 1. The largest absolute Gasteiger partial charge is 0.383 e. The van der Waals surface area contributed by atoms with E-state index in [9.17, 15) is 0 Å². The minimum Gasteiger partial charge on any atom is -0.383 e. The van der Waals surface area contributed by atoms with Gasteiger partial charge in [-0.05, 0) is 31.4 Å². The fourth-order valence-electron chi connectivity index (χ4n) is 1.85. The van der Waals surface area contributed by atoms with Crippen molar-refractivity contribution in [2.75, 3.05) is 17.6 Å². The van der Waals surface area contributed by atoms with Crippen LogP contribution in [0.15, 0.2) is 30.6 Å². The van der Waals surface area contributed by atoms with E-state index < -0.39 is 0 Å². The highest BCUT2D eigenvalue weighted by molar-refractivity contribution is 5.53. The summed E-state index contributed by atoms with van der Waals surface area (Å²) in [4.78, 5) is 8.14. The Bertz CT molecular complexity index is 537. The fraction of sp³-hybridized carbons (Fsp3) is 0.286. The molecule has 0 unspecified atom stereocenters. The number of nitrogens with two attached hydrogens (primary N) is 1. The molecule has 4 nitrogen and oxygen atoms in total. The first kappa shape index (κ1) is 12.4. The van der Waals surface area contributed by atoms with E-state index in [0.717, 1.165) is 24.3 Å². The van der Waals surface area contributed by atoms with Crippen molar-refractivity contribution in [1.82, 2.24) is 9.97 Å². The van der Waals surface area contributed by atoms with Crippen molar-refractivity contribution >= 4 is 11.6 Å². The van der Waals surface area contributed by atoms with E-state index in [4.69, 9.17) is 5.73 Å². The highest BCUT2D eigenvalue weighted by atomic mass is 15.0. The van der Waals surface area contributed by atoms with Crippen molar-refractivity contribution in [3.63, 3.8) is 0 Å². The molecule has 1 aromatic heterocycles. The summed E-state index contributed by atoms with van der Waals surface area (Å²) in [7, 11) is 0. The Morgan fingerprint density at radius 2 is 1.94 bits per heavy atom. The summed E-state index contributed by atoms with van der Waals surface area (Å²) in [5.41, 5.74) is 9.31. The van der Waals surface area contributed by atoms with E-state index in [2.05, 4.69) is 46.5 Å². The standard InChI is InChI=1S/C14H18N4/c1-10-5-3-4-6-12(10)7-8-16-14-11(2)13(15)17-9-18-14/h3-6,9H,7-8H2,1-2H3,(H3,15,16,17,18). The normalized spacial score (nSPS) is 10.3. The van der Waals surface area contributed by atoms with Gasteiger partial charge in [0.25, 0.3) is 0 Å². The SMILES string of the molecule is Cc1ccccc1CCNc1ncnc(N)c1C. The number of nitrogens with zero attached hydrogens (tertiary/aromatic N) is 2. The van der Waals surface area contributed by atoms with Gasteiger partial charge in [-0.2, -0.15) is 0 Å². The molecule has 0 radical (unpaired) electrons. The maximum Gasteiger partial charge on any atom is 0.134 e. The van der Waals surface area contributed by atoms with Gasteiger partial charge in [0.15, 0.2) is 0 Å². The lowest BCUT2D eigenvalue weighted by Gasteiger charge is -2.10. The zero-order valence-electron chi connectivity index (χ0n) is 10.8. The van der Waals surface area contributed by atoms with Gasteiger partial charge >= 0.3 is 0 Å². The minimum absolute atomic E-state index is 0.531. The van der Waals surface area contributed by atoms with Gasteiger partial charge in [-0.15, -0.1) is 0 Å². The molecular weight excluding hydrogens is 224 g/mol. The molecule has 0 aliphatic rings. The molecule has 1 heterocycles. The highest BCUT2D eigenvalue weighted by Gasteiger charge is 2.03. The molecule has 0 fully saturated rings. The number of hydrogen-bond acceptors (Lipinski definition) is 4. The lowest BCUT2D eigenvalue weighted by atomic mass is 10.1. The fourth-order valence-corrected chi connectivity index (χ4v) is 1.85. The second-order valence-electron chi connectivity index (χ2n) is 4.34. The van der Waals surface area contributed by atoms with Gasteiger partial charge in [0, 0.05) is 12.1 Å². The van der Waals surface area contributed by atoms with Crippen LogP contribution in [0.4, 0.5) is 11.6 Å². The summed E-state index contributed by atoms with van der Waals surface area (Å²) in [6.07, 6.45) is 2.45. The lowest BCUT2D eigenvalue weighted by molar-refractivity contribution is 0.983. The maximum absolute atomic E-state index is 5.74. The lowest BCUT2D eigenvalue weighted by Crippen LogP contribution is -2.10. The number of benzene rings is 1. The number of nitrogen functional groups attached to an aromatic ring is 1. The molecule has 4 heteroatoms. The molecule has 3 N–H and O–H groups in total. The monoisotopic (exact) mass is 242 g/mol. The molecule has 0 spiro atoms. The number of aromatic nitrogens is 2. The average Bonchev–Trinajstić information content (AvgIpc) is 2.37. The van der Waals surface area contributed by atoms with Crippen molar-refractivity contribution in [2.45, 2.75) is 20.3 Å². The molecule has 0 atom stereocenters. The molecule has 1 aromatic carbocycles. The zero-order chi connectivity index (χ0) is 13.0. The first-order valence-electron chi connectivity index (χ1n) is 6.04. The highest BCUT2D eigenvalue weighted by Crippen LogP contribution is 2.15. The second-order valence-corrected chi connectivity index (χ2v) is 4.34.